The molecule has 2 aromatic heterocycles. The molecular formula is C19H17F3N6O. The molecule has 0 fully saturated rings. The molecule has 29 heavy (non-hydrogen) atoms. The number of carbonyl (C=O) groups excluding carboxylic acids is 1. The van der Waals surface area contributed by atoms with Crippen molar-refractivity contribution in [2.45, 2.75) is 12.2 Å². The van der Waals surface area contributed by atoms with Crippen LogP contribution in [-0.2, 0) is 0 Å². The second-order valence-electron chi connectivity index (χ2n) is 6.08. The normalized spacial score (nSPS) is 13.2. The molecule has 4 N–H and O–H groups in total. The molecule has 1 unspecified atom stereocenters. The van der Waals surface area contributed by atoms with Crippen LogP contribution in [0.5, 0.6) is 0 Å². The zero-order valence-electron chi connectivity index (χ0n) is 15.2. The number of nitrogens with one attached hydrogen (secondary N) is 2. The maximum Gasteiger partial charge on any atom is 0.407 e. The van der Waals surface area contributed by atoms with Gasteiger partial charge < -0.3 is 16.4 Å². The number of halogens is 3. The Morgan fingerprint density at radius 3 is 2.66 bits per heavy atom. The standard InChI is InChI=1S/C19H17F3N6O/c1-24-17(8-16(23)19(20,21)22)28-18(29)12-3-2-11-6-13(9-26-15(11)7-12)14-4-5-25-10-27-14/h2-10,16,24H,23H2,1H3,(H,28,29)/b17-8+. The SMILES string of the molecule is CN/C(=C\C(N)C(F)(F)F)NC(=O)c1ccc2cc(-c3ccncn3)cnc2c1. The fourth-order valence-corrected chi connectivity index (χ4v) is 2.52. The van der Waals surface area contributed by atoms with E-state index in [1.54, 1.807) is 36.7 Å². The molecule has 0 aliphatic rings. The first-order valence-corrected chi connectivity index (χ1v) is 8.47. The predicted octanol–water partition coefficient (Wildman–Crippen LogP) is 2.37. The van der Waals surface area contributed by atoms with Gasteiger partial charge in [-0.1, -0.05) is 6.07 Å². The van der Waals surface area contributed by atoms with E-state index < -0.39 is 18.1 Å². The van der Waals surface area contributed by atoms with Crippen LogP contribution in [0, 0.1) is 0 Å². The van der Waals surface area contributed by atoms with E-state index in [1.165, 1.54) is 13.4 Å². The van der Waals surface area contributed by atoms with E-state index in [9.17, 15) is 18.0 Å². The van der Waals surface area contributed by atoms with Crippen molar-refractivity contribution in [1.29, 1.82) is 0 Å². The number of pyridine rings is 1. The number of nitrogens with two attached hydrogens (primary N) is 1. The third-order valence-corrected chi connectivity index (χ3v) is 4.07. The molecule has 1 aromatic carbocycles. The summed E-state index contributed by atoms with van der Waals surface area (Å²) in [7, 11) is 1.38. The average molecular weight is 402 g/mol. The topological polar surface area (TPSA) is 106 Å². The first-order chi connectivity index (χ1) is 13.8. The second kappa shape index (κ2) is 8.23. The van der Waals surface area contributed by atoms with Crippen LogP contribution in [-0.4, -0.2) is 40.1 Å². The summed E-state index contributed by atoms with van der Waals surface area (Å²) in [5.41, 5.74) is 7.36. The number of hydrogen-bond acceptors (Lipinski definition) is 6. The zero-order valence-corrected chi connectivity index (χ0v) is 15.2. The number of hydrogen-bond donors (Lipinski definition) is 3. The van der Waals surface area contributed by atoms with Crippen LogP contribution in [0.2, 0.25) is 0 Å². The zero-order chi connectivity index (χ0) is 21.0. The summed E-state index contributed by atoms with van der Waals surface area (Å²) in [5.74, 6) is -0.740. The summed E-state index contributed by atoms with van der Waals surface area (Å²) in [4.78, 5) is 24.8. The van der Waals surface area contributed by atoms with Gasteiger partial charge in [-0.2, -0.15) is 13.2 Å². The summed E-state index contributed by atoms with van der Waals surface area (Å²) >= 11 is 0. The van der Waals surface area contributed by atoms with Crippen LogP contribution in [0.1, 0.15) is 10.4 Å². The Labute approximate surface area is 163 Å². The maximum absolute atomic E-state index is 12.6. The van der Waals surface area contributed by atoms with Crippen molar-refractivity contribution >= 4 is 16.8 Å². The highest BCUT2D eigenvalue weighted by Gasteiger charge is 2.35. The largest absolute Gasteiger partial charge is 0.407 e. The van der Waals surface area contributed by atoms with E-state index in [1.807, 2.05) is 6.07 Å². The van der Waals surface area contributed by atoms with Gasteiger partial charge in [0.1, 0.15) is 18.2 Å². The molecule has 2 heterocycles. The molecular weight excluding hydrogens is 385 g/mol. The van der Waals surface area contributed by atoms with Crippen LogP contribution in [0.25, 0.3) is 22.2 Å². The number of nitrogens with zero attached hydrogens (tertiary/aromatic N) is 3. The van der Waals surface area contributed by atoms with Gasteiger partial charge in [0.05, 0.1) is 11.2 Å². The lowest BCUT2D eigenvalue weighted by atomic mass is 10.1. The van der Waals surface area contributed by atoms with Crippen molar-refractivity contribution in [3.8, 4) is 11.3 Å². The van der Waals surface area contributed by atoms with Gasteiger partial charge in [0.25, 0.3) is 5.91 Å². The van der Waals surface area contributed by atoms with Crippen molar-refractivity contribution < 1.29 is 18.0 Å². The van der Waals surface area contributed by atoms with Crippen molar-refractivity contribution in [2.75, 3.05) is 7.05 Å². The molecule has 0 aliphatic carbocycles. The van der Waals surface area contributed by atoms with E-state index in [0.29, 0.717) is 17.3 Å². The van der Waals surface area contributed by atoms with Gasteiger partial charge in [0.15, 0.2) is 0 Å². The lowest BCUT2D eigenvalue weighted by Gasteiger charge is -2.15. The highest BCUT2D eigenvalue weighted by Crippen LogP contribution is 2.22. The fraction of sp³-hybridized carbons (Fsp3) is 0.158. The smallest absolute Gasteiger partial charge is 0.375 e. The van der Waals surface area contributed by atoms with Crippen LogP contribution in [0.4, 0.5) is 13.2 Å². The molecule has 0 saturated heterocycles. The third kappa shape index (κ3) is 4.85. The summed E-state index contributed by atoms with van der Waals surface area (Å²) in [6.45, 7) is 0. The number of aromatic nitrogens is 3. The summed E-state index contributed by atoms with van der Waals surface area (Å²) in [5, 5.41) is 5.64. The minimum Gasteiger partial charge on any atom is -0.375 e. The Balaban J connectivity index is 1.82. The quantitative estimate of drug-likeness (QED) is 0.605. The number of benzene rings is 1. The molecule has 0 saturated carbocycles. The third-order valence-electron chi connectivity index (χ3n) is 4.07. The monoisotopic (exact) mass is 402 g/mol. The van der Waals surface area contributed by atoms with Crippen LogP contribution in [0.15, 0.2) is 60.9 Å². The van der Waals surface area contributed by atoms with Gasteiger partial charge in [-0.05, 0) is 30.3 Å². The minimum atomic E-state index is -4.61. The number of amides is 1. The first kappa shape index (κ1) is 20.2. The molecule has 0 spiro atoms. The summed E-state index contributed by atoms with van der Waals surface area (Å²) in [6, 6.07) is 6.22. The van der Waals surface area contributed by atoms with Crippen LogP contribution >= 0.6 is 0 Å². The van der Waals surface area contributed by atoms with Crippen molar-refractivity contribution in [3.05, 3.63) is 66.5 Å². The second-order valence-corrected chi connectivity index (χ2v) is 6.08. The van der Waals surface area contributed by atoms with Crippen molar-refractivity contribution in [2.24, 2.45) is 5.73 Å². The van der Waals surface area contributed by atoms with Gasteiger partial charge in [0.2, 0.25) is 0 Å². The summed E-state index contributed by atoms with van der Waals surface area (Å²) in [6.07, 6.45) is 0.766. The van der Waals surface area contributed by atoms with E-state index in [2.05, 4.69) is 25.6 Å². The molecule has 3 aromatic rings. The van der Waals surface area contributed by atoms with Crippen molar-refractivity contribution in [3.63, 3.8) is 0 Å². The minimum absolute atomic E-state index is 0.146. The maximum atomic E-state index is 12.6. The predicted molar refractivity (Wildman–Crippen MR) is 101 cm³/mol. The van der Waals surface area contributed by atoms with Gasteiger partial charge in [-0.3, -0.25) is 9.78 Å². The number of fused-ring (bicyclic) bond motifs is 1. The molecule has 10 heteroatoms. The van der Waals surface area contributed by atoms with Gasteiger partial charge in [0, 0.05) is 36.0 Å². The highest BCUT2D eigenvalue weighted by atomic mass is 19.4. The first-order valence-electron chi connectivity index (χ1n) is 8.47. The Morgan fingerprint density at radius 1 is 1.21 bits per heavy atom. The molecule has 1 atom stereocenters. The molecule has 0 bridgehead atoms. The lowest BCUT2D eigenvalue weighted by molar-refractivity contribution is -0.137. The number of carbonyl (C=O) groups is 1. The Morgan fingerprint density at radius 2 is 2.00 bits per heavy atom. The van der Waals surface area contributed by atoms with Gasteiger partial charge in [-0.15, -0.1) is 0 Å². The van der Waals surface area contributed by atoms with E-state index in [-0.39, 0.29) is 11.4 Å². The Kier molecular flexibility index (Phi) is 5.74. The van der Waals surface area contributed by atoms with E-state index in [4.69, 9.17) is 5.73 Å². The van der Waals surface area contributed by atoms with E-state index in [0.717, 1.165) is 10.9 Å². The molecule has 0 aliphatic heterocycles. The van der Waals surface area contributed by atoms with Crippen molar-refractivity contribution in [1.82, 2.24) is 25.6 Å². The van der Waals surface area contributed by atoms with Gasteiger partial charge in [-0.25, -0.2) is 9.97 Å². The molecule has 3 rings (SSSR count). The molecule has 150 valence electrons. The van der Waals surface area contributed by atoms with E-state index >= 15 is 0 Å². The van der Waals surface area contributed by atoms with Gasteiger partial charge >= 0.3 is 6.18 Å². The molecule has 0 radical (unpaired) electrons. The molecule has 1 amide bonds. The lowest BCUT2D eigenvalue weighted by Crippen LogP contribution is -2.39. The average Bonchev–Trinajstić information content (AvgIpc) is 2.72. The highest BCUT2D eigenvalue weighted by molar-refractivity contribution is 5.99. The van der Waals surface area contributed by atoms with Crippen LogP contribution in [0.3, 0.4) is 0 Å². The summed E-state index contributed by atoms with van der Waals surface area (Å²) < 4.78 is 37.8. The Hall–Kier alpha value is -3.53. The number of alkyl halides is 3. The Bertz CT molecular complexity index is 1050. The molecule has 7 nitrogen and oxygen atoms in total. The van der Waals surface area contributed by atoms with Crippen LogP contribution < -0.4 is 16.4 Å². The number of rotatable bonds is 5. The fourth-order valence-electron chi connectivity index (χ4n) is 2.52.